The molecule has 2 aliphatic rings. The van der Waals surface area contributed by atoms with Gasteiger partial charge in [0.05, 0.1) is 5.92 Å². The number of nitrogens with one attached hydrogen (secondary N) is 1. The van der Waals surface area contributed by atoms with Crippen molar-refractivity contribution in [1.82, 2.24) is 19.5 Å². The first-order valence-electron chi connectivity index (χ1n) is 9.35. The van der Waals surface area contributed by atoms with Crippen LogP contribution in [0, 0.1) is 0 Å². The third-order valence-corrected chi connectivity index (χ3v) is 6.49. The second kappa shape index (κ2) is 6.88. The first-order chi connectivity index (χ1) is 13.3. The fourth-order valence-corrected chi connectivity index (χ4v) is 5.12. The van der Waals surface area contributed by atoms with Gasteiger partial charge in [-0.1, -0.05) is 18.2 Å². The normalized spacial score (nSPS) is 22.0. The van der Waals surface area contributed by atoms with Gasteiger partial charge in [0, 0.05) is 36.4 Å². The molecule has 138 valence electrons. The standard InChI is InChI=1S/C20H21N5OS/c26-20(16-8-12-27-17-4-2-1-3-15(16)17)24-10-7-14(13-24)22-18-5-6-19-21-9-11-25(19)23-18/h1-6,9,11,14,16H,7-8,10,12-13H2,(H,22,23). The number of thioether (sulfide) groups is 1. The molecule has 27 heavy (non-hydrogen) atoms. The van der Waals surface area contributed by atoms with Crippen LogP contribution in [-0.4, -0.2) is 50.3 Å². The largest absolute Gasteiger partial charge is 0.364 e. The van der Waals surface area contributed by atoms with Crippen LogP contribution in [0.25, 0.3) is 5.65 Å². The van der Waals surface area contributed by atoms with E-state index in [1.54, 1.807) is 10.7 Å². The van der Waals surface area contributed by atoms with E-state index in [1.807, 2.05) is 41.1 Å². The van der Waals surface area contributed by atoms with Crippen LogP contribution in [-0.2, 0) is 4.79 Å². The summed E-state index contributed by atoms with van der Waals surface area (Å²) in [7, 11) is 0. The Labute approximate surface area is 162 Å². The van der Waals surface area contributed by atoms with Crippen LogP contribution in [0.2, 0.25) is 0 Å². The lowest BCUT2D eigenvalue weighted by Crippen LogP contribution is -2.36. The number of carbonyl (C=O) groups excluding carboxylic acids is 1. The minimum atomic E-state index is 0.00150. The lowest BCUT2D eigenvalue weighted by molar-refractivity contribution is -0.131. The monoisotopic (exact) mass is 379 g/mol. The zero-order valence-electron chi connectivity index (χ0n) is 14.9. The Bertz CT molecular complexity index is 987. The Kier molecular flexibility index (Phi) is 4.24. The molecule has 0 bridgehead atoms. The number of fused-ring (bicyclic) bond motifs is 2. The average molecular weight is 379 g/mol. The van der Waals surface area contributed by atoms with Crippen molar-refractivity contribution in [1.29, 1.82) is 0 Å². The molecule has 2 aliphatic heterocycles. The van der Waals surface area contributed by atoms with Crippen LogP contribution in [0.3, 0.4) is 0 Å². The zero-order chi connectivity index (χ0) is 18.2. The molecular weight excluding hydrogens is 358 g/mol. The molecule has 1 amide bonds. The van der Waals surface area contributed by atoms with E-state index < -0.39 is 0 Å². The van der Waals surface area contributed by atoms with Gasteiger partial charge in [-0.3, -0.25) is 4.79 Å². The molecule has 0 saturated carbocycles. The van der Waals surface area contributed by atoms with Crippen molar-refractivity contribution in [2.75, 3.05) is 24.2 Å². The second-order valence-electron chi connectivity index (χ2n) is 7.09. The number of rotatable bonds is 3. The Morgan fingerprint density at radius 3 is 3.07 bits per heavy atom. The van der Waals surface area contributed by atoms with Crippen LogP contribution in [0.5, 0.6) is 0 Å². The fourth-order valence-electron chi connectivity index (χ4n) is 4.00. The van der Waals surface area contributed by atoms with Crippen molar-refractivity contribution >= 4 is 29.1 Å². The van der Waals surface area contributed by atoms with Gasteiger partial charge in [0.25, 0.3) is 0 Å². The fraction of sp³-hybridized carbons (Fsp3) is 0.350. The molecule has 5 rings (SSSR count). The Morgan fingerprint density at radius 1 is 1.19 bits per heavy atom. The van der Waals surface area contributed by atoms with E-state index in [-0.39, 0.29) is 17.9 Å². The van der Waals surface area contributed by atoms with Gasteiger partial charge in [-0.2, -0.15) is 0 Å². The van der Waals surface area contributed by atoms with Gasteiger partial charge in [0.2, 0.25) is 5.91 Å². The van der Waals surface area contributed by atoms with E-state index in [4.69, 9.17) is 0 Å². The minimum absolute atomic E-state index is 0.00150. The molecule has 2 unspecified atom stereocenters. The summed E-state index contributed by atoms with van der Waals surface area (Å²) in [6, 6.07) is 12.5. The third-order valence-electron chi connectivity index (χ3n) is 5.36. The number of hydrogen-bond acceptors (Lipinski definition) is 5. The number of imidazole rings is 1. The topological polar surface area (TPSA) is 62.5 Å². The molecule has 3 aromatic rings. The van der Waals surface area contributed by atoms with Crippen LogP contribution in [0.1, 0.15) is 24.3 Å². The molecule has 1 saturated heterocycles. The summed E-state index contributed by atoms with van der Waals surface area (Å²) in [5.41, 5.74) is 2.03. The predicted molar refractivity (Wildman–Crippen MR) is 106 cm³/mol. The summed E-state index contributed by atoms with van der Waals surface area (Å²) in [5.74, 6) is 2.10. The maximum absolute atomic E-state index is 13.2. The van der Waals surface area contributed by atoms with E-state index in [2.05, 4.69) is 33.6 Å². The van der Waals surface area contributed by atoms with Crippen LogP contribution < -0.4 is 5.32 Å². The summed E-state index contributed by atoms with van der Waals surface area (Å²) >= 11 is 1.86. The van der Waals surface area contributed by atoms with Gasteiger partial charge in [-0.25, -0.2) is 9.50 Å². The van der Waals surface area contributed by atoms with Crippen LogP contribution >= 0.6 is 11.8 Å². The summed E-state index contributed by atoms with van der Waals surface area (Å²) in [5, 5.41) is 8.00. The molecule has 1 aromatic carbocycles. The number of likely N-dealkylation sites (tertiary alicyclic amines) is 1. The van der Waals surface area contributed by atoms with E-state index in [0.29, 0.717) is 0 Å². The average Bonchev–Trinajstić information content (AvgIpc) is 3.36. The number of carbonyl (C=O) groups is 1. The van der Waals surface area contributed by atoms with Crippen molar-refractivity contribution in [3.8, 4) is 0 Å². The highest BCUT2D eigenvalue weighted by Crippen LogP contribution is 2.38. The lowest BCUT2D eigenvalue weighted by Gasteiger charge is -2.28. The third kappa shape index (κ3) is 3.16. The van der Waals surface area contributed by atoms with E-state index in [9.17, 15) is 4.79 Å². The SMILES string of the molecule is O=C(C1CCSc2ccccc21)N1CCC(Nc2ccc3nccn3n2)C1. The van der Waals surface area contributed by atoms with Gasteiger partial charge in [-0.05, 0) is 42.4 Å². The lowest BCUT2D eigenvalue weighted by atomic mass is 9.94. The Morgan fingerprint density at radius 2 is 2.11 bits per heavy atom. The van der Waals surface area contributed by atoms with Crippen LogP contribution in [0.15, 0.2) is 53.7 Å². The molecule has 2 atom stereocenters. The number of anilines is 1. The molecular formula is C20H21N5OS. The van der Waals surface area contributed by atoms with Gasteiger partial charge < -0.3 is 10.2 Å². The van der Waals surface area contributed by atoms with Gasteiger partial charge in [0.1, 0.15) is 5.82 Å². The molecule has 1 N–H and O–H groups in total. The Balaban J connectivity index is 1.27. The number of benzene rings is 1. The van der Waals surface area contributed by atoms with Crippen molar-refractivity contribution in [3.63, 3.8) is 0 Å². The maximum Gasteiger partial charge on any atom is 0.230 e. The Hall–Kier alpha value is -2.54. The smallest absolute Gasteiger partial charge is 0.230 e. The molecule has 1 fully saturated rings. The van der Waals surface area contributed by atoms with Gasteiger partial charge >= 0.3 is 0 Å². The number of hydrogen-bond donors (Lipinski definition) is 1. The van der Waals surface area contributed by atoms with Gasteiger partial charge in [0.15, 0.2) is 5.65 Å². The van der Waals surface area contributed by atoms with Crippen molar-refractivity contribution in [2.24, 2.45) is 0 Å². The highest BCUT2D eigenvalue weighted by molar-refractivity contribution is 7.99. The molecule has 6 nitrogen and oxygen atoms in total. The number of amides is 1. The molecule has 7 heteroatoms. The summed E-state index contributed by atoms with van der Waals surface area (Å²) in [6.45, 7) is 1.53. The van der Waals surface area contributed by atoms with E-state index in [1.165, 1.54) is 10.5 Å². The first kappa shape index (κ1) is 16.6. The summed E-state index contributed by atoms with van der Waals surface area (Å²) in [4.78, 5) is 20.7. The van der Waals surface area contributed by atoms with E-state index >= 15 is 0 Å². The van der Waals surface area contributed by atoms with Gasteiger partial charge in [-0.15, -0.1) is 16.9 Å². The molecule has 4 heterocycles. The summed E-state index contributed by atoms with van der Waals surface area (Å²) < 4.78 is 1.76. The van der Waals surface area contributed by atoms with Crippen LogP contribution in [0.4, 0.5) is 5.82 Å². The van der Waals surface area contributed by atoms with Crippen molar-refractivity contribution in [2.45, 2.75) is 29.7 Å². The first-order valence-corrected chi connectivity index (χ1v) is 10.3. The highest BCUT2D eigenvalue weighted by atomic mass is 32.2. The van der Waals surface area contributed by atoms with Crippen molar-refractivity contribution in [3.05, 3.63) is 54.4 Å². The number of aromatic nitrogens is 3. The number of nitrogens with zero attached hydrogens (tertiary/aromatic N) is 4. The minimum Gasteiger partial charge on any atom is -0.364 e. The molecule has 0 radical (unpaired) electrons. The zero-order valence-corrected chi connectivity index (χ0v) is 15.7. The predicted octanol–water partition coefficient (Wildman–Crippen LogP) is 3.02. The molecule has 0 spiro atoms. The van der Waals surface area contributed by atoms with Crippen molar-refractivity contribution < 1.29 is 4.79 Å². The second-order valence-corrected chi connectivity index (χ2v) is 8.23. The molecule has 0 aliphatic carbocycles. The van der Waals surface area contributed by atoms with E-state index in [0.717, 1.165) is 43.1 Å². The summed E-state index contributed by atoms with van der Waals surface area (Å²) in [6.07, 6.45) is 5.44. The molecule has 2 aromatic heterocycles. The quantitative estimate of drug-likeness (QED) is 0.758. The maximum atomic E-state index is 13.2. The highest BCUT2D eigenvalue weighted by Gasteiger charge is 2.34.